The van der Waals surface area contributed by atoms with Crippen molar-refractivity contribution in [2.45, 2.75) is 6.18 Å². The molecule has 0 N–H and O–H groups in total. The van der Waals surface area contributed by atoms with Gasteiger partial charge in [0.2, 0.25) is 0 Å². The summed E-state index contributed by atoms with van der Waals surface area (Å²) in [6, 6.07) is 9.01. The molecule has 0 unspecified atom stereocenters. The van der Waals surface area contributed by atoms with Crippen molar-refractivity contribution in [3.8, 4) is 11.1 Å². The summed E-state index contributed by atoms with van der Waals surface area (Å²) in [5, 5.41) is 2.33. The van der Waals surface area contributed by atoms with Crippen LogP contribution >= 0.6 is 11.3 Å². The summed E-state index contributed by atoms with van der Waals surface area (Å²) >= 11 is 0.735. The Bertz CT molecular complexity index is 737. The fourth-order valence-electron chi connectivity index (χ4n) is 2.30. The van der Waals surface area contributed by atoms with E-state index in [1.807, 2.05) is 35.9 Å². The van der Waals surface area contributed by atoms with Gasteiger partial charge in [0.05, 0.1) is 0 Å². The molecule has 0 bridgehead atoms. The number of halogens is 3. The Morgan fingerprint density at radius 1 is 1.05 bits per heavy atom. The number of thiophene rings is 1. The number of rotatable bonds is 1. The van der Waals surface area contributed by atoms with Crippen molar-refractivity contribution < 1.29 is 13.2 Å². The molecule has 3 rings (SSSR count). The molecule has 1 nitrogen and oxygen atoms in total. The Kier molecular flexibility index (Phi) is 2.67. The maximum absolute atomic E-state index is 13.0. The highest BCUT2D eigenvalue weighted by atomic mass is 32.1. The van der Waals surface area contributed by atoms with Crippen LogP contribution in [0.1, 0.15) is 4.88 Å². The Balaban J connectivity index is 2.29. The Hall–Kier alpha value is -1.75. The van der Waals surface area contributed by atoms with E-state index < -0.39 is 11.1 Å². The zero-order chi connectivity index (χ0) is 13.6. The smallest absolute Gasteiger partial charge is 0.350 e. The van der Waals surface area contributed by atoms with Crippen LogP contribution in [0.25, 0.3) is 22.0 Å². The van der Waals surface area contributed by atoms with Gasteiger partial charge in [-0.3, -0.25) is 0 Å². The van der Waals surface area contributed by atoms with Crippen LogP contribution in [0.5, 0.6) is 0 Å². The monoisotopic (exact) mass is 281 g/mol. The minimum Gasteiger partial charge on any atom is -0.350 e. The molecule has 0 spiro atoms. The SMILES string of the molecule is Cn1cc(-c2ccsc2C(F)(F)F)c2ccccc21. The summed E-state index contributed by atoms with van der Waals surface area (Å²) in [5.74, 6) is 0. The van der Waals surface area contributed by atoms with E-state index in [4.69, 9.17) is 0 Å². The average molecular weight is 281 g/mol. The molecule has 5 heteroatoms. The van der Waals surface area contributed by atoms with Gasteiger partial charge in [-0.25, -0.2) is 0 Å². The van der Waals surface area contributed by atoms with Crippen molar-refractivity contribution in [1.82, 2.24) is 4.57 Å². The molecule has 0 fully saturated rings. The summed E-state index contributed by atoms with van der Waals surface area (Å²) in [4.78, 5) is -0.538. The number of nitrogens with zero attached hydrogens (tertiary/aromatic N) is 1. The number of aryl methyl sites for hydroxylation is 1. The van der Waals surface area contributed by atoms with Crippen molar-refractivity contribution >= 4 is 22.2 Å². The molecule has 0 radical (unpaired) electrons. The molecule has 0 aliphatic carbocycles. The molecule has 0 amide bonds. The molecule has 2 heterocycles. The highest BCUT2D eigenvalue weighted by Gasteiger charge is 2.35. The van der Waals surface area contributed by atoms with E-state index in [-0.39, 0.29) is 5.56 Å². The molecule has 0 atom stereocenters. The topological polar surface area (TPSA) is 4.93 Å². The van der Waals surface area contributed by atoms with Gasteiger partial charge in [0, 0.05) is 35.3 Å². The third-order valence-corrected chi connectivity index (χ3v) is 4.07. The number of benzene rings is 1. The first kappa shape index (κ1) is 12.3. The van der Waals surface area contributed by atoms with E-state index in [9.17, 15) is 13.2 Å². The average Bonchev–Trinajstić information content (AvgIpc) is 2.94. The van der Waals surface area contributed by atoms with Crippen molar-refractivity contribution in [1.29, 1.82) is 0 Å². The largest absolute Gasteiger partial charge is 0.426 e. The molecular weight excluding hydrogens is 271 g/mol. The lowest BCUT2D eigenvalue weighted by molar-refractivity contribution is -0.133. The molecule has 98 valence electrons. The van der Waals surface area contributed by atoms with Crippen molar-refractivity contribution in [2.24, 2.45) is 7.05 Å². The fourth-order valence-corrected chi connectivity index (χ4v) is 3.08. The Labute approximate surface area is 111 Å². The van der Waals surface area contributed by atoms with Gasteiger partial charge >= 0.3 is 6.18 Å². The first-order valence-corrected chi connectivity index (χ1v) is 6.55. The van der Waals surface area contributed by atoms with Gasteiger partial charge in [-0.2, -0.15) is 13.2 Å². The summed E-state index contributed by atoms with van der Waals surface area (Å²) in [6.07, 6.45) is -2.55. The molecule has 0 aliphatic rings. The lowest BCUT2D eigenvalue weighted by Gasteiger charge is -2.06. The number of hydrogen-bond acceptors (Lipinski definition) is 1. The molecule has 0 saturated carbocycles. The van der Waals surface area contributed by atoms with Gasteiger partial charge in [0.25, 0.3) is 0 Å². The van der Waals surface area contributed by atoms with Crippen LogP contribution in [0.2, 0.25) is 0 Å². The fraction of sp³-hybridized carbons (Fsp3) is 0.143. The second-order valence-corrected chi connectivity index (χ2v) is 5.25. The van der Waals surface area contributed by atoms with Crippen molar-refractivity contribution in [3.63, 3.8) is 0 Å². The first-order chi connectivity index (χ1) is 8.98. The van der Waals surface area contributed by atoms with E-state index in [1.165, 1.54) is 11.4 Å². The van der Waals surface area contributed by atoms with Crippen molar-refractivity contribution in [3.05, 3.63) is 46.8 Å². The maximum atomic E-state index is 13.0. The minimum atomic E-state index is -4.31. The van der Waals surface area contributed by atoms with Crippen LogP contribution in [-0.2, 0) is 13.2 Å². The normalized spacial score (nSPS) is 12.2. The highest BCUT2D eigenvalue weighted by molar-refractivity contribution is 7.10. The van der Waals surface area contributed by atoms with Crippen LogP contribution < -0.4 is 0 Å². The van der Waals surface area contributed by atoms with Gasteiger partial charge in [-0.1, -0.05) is 18.2 Å². The molecule has 3 aromatic rings. The Morgan fingerprint density at radius 3 is 2.53 bits per heavy atom. The van der Waals surface area contributed by atoms with Gasteiger partial charge in [0.1, 0.15) is 4.88 Å². The Morgan fingerprint density at radius 2 is 1.79 bits per heavy atom. The zero-order valence-corrected chi connectivity index (χ0v) is 10.8. The van der Waals surface area contributed by atoms with Gasteiger partial charge in [-0.05, 0) is 17.5 Å². The van der Waals surface area contributed by atoms with Crippen molar-refractivity contribution in [2.75, 3.05) is 0 Å². The summed E-state index contributed by atoms with van der Waals surface area (Å²) in [5.41, 5.74) is 1.82. The number of aromatic nitrogens is 1. The zero-order valence-electron chi connectivity index (χ0n) is 10.0. The van der Waals surface area contributed by atoms with E-state index in [2.05, 4.69) is 0 Å². The number of alkyl halides is 3. The maximum Gasteiger partial charge on any atom is 0.426 e. The number of para-hydroxylation sites is 1. The van der Waals surface area contributed by atoms with Crippen LogP contribution in [0.3, 0.4) is 0 Å². The van der Waals surface area contributed by atoms with Gasteiger partial charge < -0.3 is 4.57 Å². The summed E-state index contributed by atoms with van der Waals surface area (Å²) in [7, 11) is 1.84. The molecule has 2 aromatic heterocycles. The summed E-state index contributed by atoms with van der Waals surface area (Å²) < 4.78 is 40.8. The highest BCUT2D eigenvalue weighted by Crippen LogP contribution is 2.43. The molecular formula is C14H10F3NS. The lowest BCUT2D eigenvalue weighted by atomic mass is 10.1. The van der Waals surface area contributed by atoms with E-state index in [0.29, 0.717) is 5.56 Å². The van der Waals surface area contributed by atoms with Crippen LogP contribution in [0.15, 0.2) is 41.9 Å². The second-order valence-electron chi connectivity index (χ2n) is 4.33. The van der Waals surface area contributed by atoms with E-state index in [0.717, 1.165) is 22.2 Å². The van der Waals surface area contributed by atoms with Gasteiger partial charge in [0.15, 0.2) is 0 Å². The number of fused-ring (bicyclic) bond motifs is 1. The second kappa shape index (κ2) is 4.13. The molecule has 19 heavy (non-hydrogen) atoms. The predicted molar refractivity (Wildman–Crippen MR) is 71.2 cm³/mol. The standard InChI is InChI=1S/C14H10F3NS/c1-18-8-11(9-4-2-3-5-12(9)18)10-6-7-19-13(10)14(15,16)17/h2-8H,1H3. The minimum absolute atomic E-state index is 0.259. The first-order valence-electron chi connectivity index (χ1n) is 5.67. The third kappa shape index (κ3) is 1.94. The summed E-state index contributed by atoms with van der Waals surface area (Å²) in [6.45, 7) is 0. The lowest BCUT2D eigenvalue weighted by Crippen LogP contribution is -2.03. The predicted octanol–water partition coefficient (Wildman–Crippen LogP) is 4.93. The van der Waals surface area contributed by atoms with E-state index >= 15 is 0 Å². The van der Waals surface area contributed by atoms with Crippen LogP contribution in [0, 0.1) is 0 Å². The quantitative estimate of drug-likeness (QED) is 0.596. The third-order valence-electron chi connectivity index (χ3n) is 3.11. The number of hydrogen-bond donors (Lipinski definition) is 0. The van der Waals surface area contributed by atoms with Crippen LogP contribution in [0.4, 0.5) is 13.2 Å². The molecule has 0 saturated heterocycles. The molecule has 0 aliphatic heterocycles. The van der Waals surface area contributed by atoms with E-state index in [1.54, 1.807) is 6.20 Å². The van der Waals surface area contributed by atoms with Crippen LogP contribution in [-0.4, -0.2) is 4.57 Å². The molecule has 1 aromatic carbocycles. The van der Waals surface area contributed by atoms with Gasteiger partial charge in [-0.15, -0.1) is 11.3 Å².